The molecule has 0 aliphatic carbocycles. The zero-order chi connectivity index (χ0) is 24.3. The number of aliphatic carboxylic acids is 1. The fourth-order valence-corrected chi connectivity index (χ4v) is 6.21. The number of ether oxygens (including phenoxy) is 2. The second-order valence-corrected chi connectivity index (χ2v) is 10.4. The minimum absolute atomic E-state index is 0.248. The standard InChI is InChI=1S/C24H26IN5O4S/c25-15-24(33-10-11-34-24)17-4-7-26-21(13-17)29-20-3-1-2-18(28-20)19-14-27-23(35-19)30-8-5-16(6-9-30)12-22(31)32/h1-4,7,13-14,16H,5-6,8-12,15H2,(H,31,32)(H,26,28,29). The maximum atomic E-state index is 11.0. The SMILES string of the molecule is O=C(O)CC1CCN(c2ncc(-c3cccc(Nc4cc(C5(CI)OCCO5)ccn4)n3)s2)CC1. The first-order valence-corrected chi connectivity index (χ1v) is 13.9. The fourth-order valence-electron chi connectivity index (χ4n) is 4.39. The minimum Gasteiger partial charge on any atom is -0.481 e. The van der Waals surface area contributed by atoms with Gasteiger partial charge in [0.25, 0.3) is 0 Å². The lowest BCUT2D eigenvalue weighted by Gasteiger charge is -2.30. The first-order valence-electron chi connectivity index (χ1n) is 11.5. The Bertz CT molecular complexity index is 1180. The monoisotopic (exact) mass is 607 g/mol. The Balaban J connectivity index is 1.27. The molecule has 2 N–H and O–H groups in total. The van der Waals surface area contributed by atoms with E-state index in [1.165, 1.54) is 0 Å². The molecule has 184 valence electrons. The Morgan fingerprint density at radius 1 is 1.20 bits per heavy atom. The van der Waals surface area contributed by atoms with Crippen LogP contribution >= 0.6 is 33.9 Å². The number of carbonyl (C=O) groups is 1. The maximum absolute atomic E-state index is 11.0. The molecule has 2 saturated heterocycles. The summed E-state index contributed by atoms with van der Waals surface area (Å²) in [5.74, 6) is 0.165. The predicted octanol–water partition coefficient (Wildman–Crippen LogP) is 4.67. The number of hydrogen-bond acceptors (Lipinski definition) is 9. The molecule has 0 spiro atoms. The number of rotatable bonds is 8. The van der Waals surface area contributed by atoms with Gasteiger partial charge in [0, 0.05) is 37.5 Å². The molecular weight excluding hydrogens is 581 g/mol. The molecule has 5 heterocycles. The van der Waals surface area contributed by atoms with Crippen LogP contribution in [0, 0.1) is 5.92 Å². The number of pyridine rings is 2. The van der Waals surface area contributed by atoms with Crippen LogP contribution in [-0.2, 0) is 20.1 Å². The molecule has 0 radical (unpaired) electrons. The van der Waals surface area contributed by atoms with Gasteiger partial charge in [-0.15, -0.1) is 0 Å². The van der Waals surface area contributed by atoms with Gasteiger partial charge in [0.1, 0.15) is 11.6 Å². The molecule has 3 aromatic heterocycles. The molecule has 35 heavy (non-hydrogen) atoms. The third-order valence-electron chi connectivity index (χ3n) is 6.23. The van der Waals surface area contributed by atoms with Crippen LogP contribution < -0.4 is 10.2 Å². The topological polar surface area (TPSA) is 110 Å². The van der Waals surface area contributed by atoms with Gasteiger partial charge in [0.05, 0.1) is 28.2 Å². The number of aromatic nitrogens is 3. The number of hydrogen-bond donors (Lipinski definition) is 2. The quantitative estimate of drug-likeness (QED) is 0.279. The highest BCUT2D eigenvalue weighted by Crippen LogP contribution is 2.35. The van der Waals surface area contributed by atoms with Crippen LogP contribution in [0.15, 0.2) is 42.7 Å². The maximum Gasteiger partial charge on any atom is 0.303 e. The second-order valence-electron chi connectivity index (χ2n) is 8.58. The number of anilines is 3. The van der Waals surface area contributed by atoms with Crippen molar-refractivity contribution in [1.29, 1.82) is 0 Å². The molecule has 0 unspecified atom stereocenters. The van der Waals surface area contributed by atoms with Gasteiger partial charge >= 0.3 is 5.97 Å². The Kier molecular flexibility index (Phi) is 7.46. The third kappa shape index (κ3) is 5.57. The van der Waals surface area contributed by atoms with E-state index >= 15 is 0 Å². The molecule has 5 rings (SSSR count). The molecule has 3 aromatic rings. The fraction of sp³-hybridized carbons (Fsp3) is 0.417. The van der Waals surface area contributed by atoms with Crippen molar-refractivity contribution in [3.8, 4) is 10.6 Å². The van der Waals surface area contributed by atoms with Crippen LogP contribution in [0.4, 0.5) is 16.8 Å². The summed E-state index contributed by atoms with van der Waals surface area (Å²) < 4.78 is 12.5. The number of piperidine rings is 1. The van der Waals surface area contributed by atoms with Crippen LogP contribution in [0.1, 0.15) is 24.8 Å². The third-order valence-corrected chi connectivity index (χ3v) is 8.31. The van der Waals surface area contributed by atoms with Crippen LogP contribution in [0.3, 0.4) is 0 Å². The zero-order valence-electron chi connectivity index (χ0n) is 19.0. The molecule has 0 aromatic carbocycles. The summed E-state index contributed by atoms with van der Waals surface area (Å²) in [6.07, 6.45) is 5.60. The minimum atomic E-state index is -0.726. The summed E-state index contributed by atoms with van der Waals surface area (Å²) in [4.78, 5) is 28.0. The lowest BCUT2D eigenvalue weighted by molar-refractivity contribution is -0.143. The van der Waals surface area contributed by atoms with Gasteiger partial charge < -0.3 is 24.8 Å². The van der Waals surface area contributed by atoms with E-state index in [1.54, 1.807) is 17.5 Å². The van der Waals surface area contributed by atoms with E-state index in [2.05, 4.69) is 42.8 Å². The molecule has 0 atom stereocenters. The van der Waals surface area contributed by atoms with Gasteiger partial charge in [-0.1, -0.05) is 40.0 Å². The van der Waals surface area contributed by atoms with Crippen molar-refractivity contribution >= 4 is 56.7 Å². The number of nitrogens with zero attached hydrogens (tertiary/aromatic N) is 4. The summed E-state index contributed by atoms with van der Waals surface area (Å²) in [7, 11) is 0. The lowest BCUT2D eigenvalue weighted by atomic mass is 9.94. The number of nitrogens with one attached hydrogen (secondary N) is 1. The predicted molar refractivity (Wildman–Crippen MR) is 143 cm³/mol. The van der Waals surface area contributed by atoms with Crippen molar-refractivity contribution in [1.82, 2.24) is 15.0 Å². The van der Waals surface area contributed by atoms with Crippen molar-refractivity contribution in [3.63, 3.8) is 0 Å². The average Bonchev–Trinajstić information content (AvgIpc) is 3.56. The summed E-state index contributed by atoms with van der Waals surface area (Å²) >= 11 is 3.88. The van der Waals surface area contributed by atoms with E-state index in [4.69, 9.17) is 19.6 Å². The van der Waals surface area contributed by atoms with Crippen molar-refractivity contribution in [2.45, 2.75) is 25.0 Å². The van der Waals surface area contributed by atoms with Gasteiger partial charge in [-0.2, -0.15) is 0 Å². The van der Waals surface area contributed by atoms with Crippen molar-refractivity contribution in [2.24, 2.45) is 5.92 Å². The molecule has 0 saturated carbocycles. The first kappa shape index (κ1) is 24.3. The molecule has 0 amide bonds. The van der Waals surface area contributed by atoms with Gasteiger partial charge in [0.2, 0.25) is 5.79 Å². The Morgan fingerprint density at radius 2 is 2.00 bits per heavy atom. The van der Waals surface area contributed by atoms with E-state index in [0.29, 0.717) is 29.3 Å². The van der Waals surface area contributed by atoms with E-state index < -0.39 is 11.8 Å². The highest BCUT2D eigenvalue weighted by atomic mass is 127. The number of halogens is 1. The summed E-state index contributed by atoms with van der Waals surface area (Å²) in [6, 6.07) is 9.70. The normalized spacial score (nSPS) is 18.0. The van der Waals surface area contributed by atoms with Gasteiger partial charge in [-0.05, 0) is 43.0 Å². The number of carboxylic acid groups (broad SMARTS) is 1. The van der Waals surface area contributed by atoms with Gasteiger partial charge in [-0.25, -0.2) is 15.0 Å². The van der Waals surface area contributed by atoms with E-state index in [9.17, 15) is 4.79 Å². The lowest BCUT2D eigenvalue weighted by Crippen LogP contribution is -2.34. The summed E-state index contributed by atoms with van der Waals surface area (Å²) in [5, 5.41) is 13.3. The average molecular weight is 607 g/mol. The van der Waals surface area contributed by atoms with Gasteiger partial charge in [0.15, 0.2) is 5.13 Å². The van der Waals surface area contributed by atoms with Crippen LogP contribution in [0.25, 0.3) is 10.6 Å². The number of thiazole rings is 1. The van der Waals surface area contributed by atoms with E-state index in [0.717, 1.165) is 47.2 Å². The molecule has 2 aliphatic rings. The van der Waals surface area contributed by atoms with Crippen LogP contribution in [-0.4, -0.2) is 56.8 Å². The second kappa shape index (κ2) is 10.7. The highest BCUT2D eigenvalue weighted by molar-refractivity contribution is 14.1. The van der Waals surface area contributed by atoms with Crippen LogP contribution in [0.5, 0.6) is 0 Å². The summed E-state index contributed by atoms with van der Waals surface area (Å²) in [5.41, 5.74) is 1.76. The Hall–Kier alpha value is -2.35. The molecule has 2 aliphatic heterocycles. The number of alkyl halides is 1. The highest BCUT2D eigenvalue weighted by Gasteiger charge is 2.37. The zero-order valence-corrected chi connectivity index (χ0v) is 22.0. The molecule has 2 fully saturated rings. The smallest absolute Gasteiger partial charge is 0.303 e. The van der Waals surface area contributed by atoms with Gasteiger partial charge in [-0.3, -0.25) is 4.79 Å². The van der Waals surface area contributed by atoms with E-state index in [-0.39, 0.29) is 12.3 Å². The largest absolute Gasteiger partial charge is 0.481 e. The van der Waals surface area contributed by atoms with Crippen LogP contribution in [0.2, 0.25) is 0 Å². The Morgan fingerprint density at radius 3 is 2.74 bits per heavy atom. The van der Waals surface area contributed by atoms with E-state index in [1.807, 2.05) is 36.5 Å². The summed E-state index contributed by atoms with van der Waals surface area (Å²) in [6.45, 7) is 2.81. The Labute approximate surface area is 221 Å². The van der Waals surface area contributed by atoms with Crippen molar-refractivity contribution in [2.75, 3.05) is 40.9 Å². The molecular formula is C24H26IN5O4S. The molecule has 0 bridgehead atoms. The first-order chi connectivity index (χ1) is 17.0. The van der Waals surface area contributed by atoms with Crippen molar-refractivity contribution in [3.05, 3.63) is 48.3 Å². The molecule has 9 nitrogen and oxygen atoms in total. The van der Waals surface area contributed by atoms with Crippen molar-refractivity contribution < 1.29 is 19.4 Å². The number of carboxylic acids is 1. The molecule has 11 heteroatoms.